The Balaban J connectivity index is 2.07. The Bertz CT molecular complexity index is 554. The number of hydrogen-bond donors (Lipinski definition) is 2. The van der Waals surface area contributed by atoms with Crippen molar-refractivity contribution in [2.24, 2.45) is 0 Å². The minimum atomic E-state index is -0.278. The maximum atomic E-state index is 9.20. The highest BCUT2D eigenvalue weighted by atomic mass is 79.9. The summed E-state index contributed by atoms with van der Waals surface area (Å²) < 4.78 is 1.06. The lowest BCUT2D eigenvalue weighted by Crippen LogP contribution is -2.42. The predicted molar refractivity (Wildman–Crippen MR) is 83.3 cm³/mol. The molecule has 0 aliphatic carbocycles. The Morgan fingerprint density at radius 1 is 1.42 bits per heavy atom. The van der Waals surface area contributed by atoms with Crippen LogP contribution in [0.5, 0.6) is 0 Å². The molecule has 102 valence electrons. The molecule has 0 aliphatic rings. The molecule has 0 fully saturated rings. The van der Waals surface area contributed by atoms with E-state index < -0.39 is 0 Å². The van der Waals surface area contributed by atoms with Crippen LogP contribution in [0.1, 0.15) is 19.5 Å². The molecule has 0 bridgehead atoms. The molecule has 0 saturated carbocycles. The summed E-state index contributed by atoms with van der Waals surface area (Å²) in [5, 5.41) is 15.6. The molecule has 0 atom stereocenters. The van der Waals surface area contributed by atoms with Gasteiger partial charge in [-0.2, -0.15) is 0 Å². The van der Waals surface area contributed by atoms with Gasteiger partial charge in [0.05, 0.1) is 12.3 Å². The number of aliphatic hydroxyl groups is 1. The van der Waals surface area contributed by atoms with Crippen molar-refractivity contribution in [1.82, 2.24) is 10.3 Å². The first kappa shape index (κ1) is 14.7. The number of nitrogens with one attached hydrogen (secondary N) is 1. The van der Waals surface area contributed by atoms with Gasteiger partial charge in [0.15, 0.2) is 0 Å². The van der Waals surface area contributed by atoms with E-state index in [0.717, 1.165) is 20.7 Å². The normalized spacial score (nSPS) is 11.8. The first-order chi connectivity index (χ1) is 9.00. The third kappa shape index (κ3) is 4.11. The fourth-order valence-corrected chi connectivity index (χ4v) is 2.74. The Labute approximate surface area is 125 Å². The first-order valence-electron chi connectivity index (χ1n) is 6.06. The van der Waals surface area contributed by atoms with Crippen molar-refractivity contribution < 1.29 is 5.11 Å². The summed E-state index contributed by atoms with van der Waals surface area (Å²) in [6.07, 6.45) is 0. The topological polar surface area (TPSA) is 45.1 Å². The largest absolute Gasteiger partial charge is 0.394 e. The second kappa shape index (κ2) is 6.13. The molecular weight excluding hydrogens is 324 g/mol. The summed E-state index contributed by atoms with van der Waals surface area (Å²) in [5.74, 6) is 0. The van der Waals surface area contributed by atoms with Crippen LogP contribution in [-0.4, -0.2) is 22.2 Å². The standard InChI is InChI=1S/C14H17BrN2OS/c1-14(2,9-18)16-7-12-8-19-13(17-12)10-4-3-5-11(15)6-10/h3-6,8,16,18H,7,9H2,1-2H3. The smallest absolute Gasteiger partial charge is 0.123 e. The number of thiazole rings is 1. The van der Waals surface area contributed by atoms with E-state index in [4.69, 9.17) is 0 Å². The summed E-state index contributed by atoms with van der Waals surface area (Å²) in [6, 6.07) is 8.13. The zero-order valence-electron chi connectivity index (χ0n) is 11.0. The van der Waals surface area contributed by atoms with E-state index in [1.54, 1.807) is 11.3 Å². The first-order valence-corrected chi connectivity index (χ1v) is 7.74. The Hall–Kier alpha value is -0.750. The van der Waals surface area contributed by atoms with Gasteiger partial charge in [-0.05, 0) is 26.0 Å². The molecule has 19 heavy (non-hydrogen) atoms. The summed E-state index contributed by atoms with van der Waals surface area (Å²) in [4.78, 5) is 4.61. The summed E-state index contributed by atoms with van der Waals surface area (Å²) in [6.45, 7) is 4.71. The average molecular weight is 341 g/mol. The van der Waals surface area contributed by atoms with Crippen LogP contribution in [0.15, 0.2) is 34.1 Å². The highest BCUT2D eigenvalue weighted by Gasteiger charge is 2.15. The van der Waals surface area contributed by atoms with Gasteiger partial charge in [-0.25, -0.2) is 4.98 Å². The van der Waals surface area contributed by atoms with Gasteiger partial charge < -0.3 is 10.4 Å². The molecule has 3 nitrogen and oxygen atoms in total. The molecule has 0 saturated heterocycles. The molecule has 0 amide bonds. The number of aliphatic hydroxyl groups excluding tert-OH is 1. The number of benzene rings is 1. The van der Waals surface area contributed by atoms with Crippen LogP contribution < -0.4 is 5.32 Å². The molecule has 0 radical (unpaired) electrons. The Morgan fingerprint density at radius 3 is 2.89 bits per heavy atom. The van der Waals surface area contributed by atoms with Gasteiger partial charge in [0.1, 0.15) is 5.01 Å². The van der Waals surface area contributed by atoms with Gasteiger partial charge in [0.2, 0.25) is 0 Å². The second-order valence-electron chi connectivity index (χ2n) is 5.05. The van der Waals surface area contributed by atoms with E-state index in [1.165, 1.54) is 0 Å². The molecule has 2 rings (SSSR count). The number of rotatable bonds is 5. The Kier molecular flexibility index (Phi) is 4.73. The van der Waals surface area contributed by atoms with E-state index in [9.17, 15) is 5.11 Å². The van der Waals surface area contributed by atoms with Crippen molar-refractivity contribution in [1.29, 1.82) is 0 Å². The van der Waals surface area contributed by atoms with Crippen LogP contribution in [0, 0.1) is 0 Å². The second-order valence-corrected chi connectivity index (χ2v) is 6.82. The zero-order chi connectivity index (χ0) is 13.9. The van der Waals surface area contributed by atoms with Crippen molar-refractivity contribution in [2.45, 2.75) is 25.9 Å². The molecule has 0 spiro atoms. The fraction of sp³-hybridized carbons (Fsp3) is 0.357. The van der Waals surface area contributed by atoms with E-state index >= 15 is 0 Å². The molecule has 5 heteroatoms. The minimum absolute atomic E-state index is 0.107. The van der Waals surface area contributed by atoms with Crippen molar-refractivity contribution >= 4 is 27.3 Å². The number of nitrogens with zero attached hydrogens (tertiary/aromatic N) is 1. The zero-order valence-corrected chi connectivity index (χ0v) is 13.4. The maximum absolute atomic E-state index is 9.20. The molecule has 0 aliphatic heterocycles. The van der Waals surface area contributed by atoms with Gasteiger partial charge in [-0.1, -0.05) is 28.1 Å². The lowest BCUT2D eigenvalue weighted by molar-refractivity contribution is 0.187. The van der Waals surface area contributed by atoms with Crippen molar-refractivity contribution in [3.05, 3.63) is 39.8 Å². The van der Waals surface area contributed by atoms with E-state index in [2.05, 4.69) is 43.7 Å². The van der Waals surface area contributed by atoms with E-state index in [-0.39, 0.29) is 12.1 Å². The molecule has 2 N–H and O–H groups in total. The van der Waals surface area contributed by atoms with Crippen LogP contribution in [0.2, 0.25) is 0 Å². The highest BCUT2D eigenvalue weighted by Crippen LogP contribution is 2.26. The SMILES string of the molecule is CC(C)(CO)NCc1csc(-c2cccc(Br)c2)n1. The van der Waals surface area contributed by atoms with Crippen LogP contribution in [0.3, 0.4) is 0 Å². The van der Waals surface area contributed by atoms with Crippen molar-refractivity contribution in [3.63, 3.8) is 0 Å². The van der Waals surface area contributed by atoms with Gasteiger partial charge in [-0.15, -0.1) is 11.3 Å². The molecule has 1 aromatic carbocycles. The van der Waals surface area contributed by atoms with Gasteiger partial charge in [-0.3, -0.25) is 0 Å². The van der Waals surface area contributed by atoms with E-state index in [0.29, 0.717) is 6.54 Å². The molecule has 2 aromatic rings. The molecular formula is C14H17BrN2OS. The monoisotopic (exact) mass is 340 g/mol. The summed E-state index contributed by atoms with van der Waals surface area (Å²) >= 11 is 5.10. The quantitative estimate of drug-likeness (QED) is 0.876. The van der Waals surface area contributed by atoms with Crippen LogP contribution in [0.4, 0.5) is 0 Å². The minimum Gasteiger partial charge on any atom is -0.394 e. The third-order valence-electron chi connectivity index (χ3n) is 2.77. The molecule has 1 heterocycles. The number of halogens is 1. The maximum Gasteiger partial charge on any atom is 0.123 e. The van der Waals surface area contributed by atoms with Gasteiger partial charge in [0, 0.05) is 27.5 Å². The van der Waals surface area contributed by atoms with Gasteiger partial charge in [0.25, 0.3) is 0 Å². The summed E-state index contributed by atoms with van der Waals surface area (Å²) in [5.41, 5.74) is 1.84. The van der Waals surface area contributed by atoms with Crippen molar-refractivity contribution in [2.75, 3.05) is 6.61 Å². The van der Waals surface area contributed by atoms with E-state index in [1.807, 2.05) is 26.0 Å². The van der Waals surface area contributed by atoms with Crippen molar-refractivity contribution in [3.8, 4) is 10.6 Å². The van der Waals surface area contributed by atoms with Gasteiger partial charge >= 0.3 is 0 Å². The van der Waals surface area contributed by atoms with Crippen LogP contribution >= 0.6 is 27.3 Å². The molecule has 0 unspecified atom stereocenters. The summed E-state index contributed by atoms with van der Waals surface area (Å²) in [7, 11) is 0. The Morgan fingerprint density at radius 2 is 2.21 bits per heavy atom. The number of hydrogen-bond acceptors (Lipinski definition) is 4. The predicted octanol–water partition coefficient (Wildman–Crippen LogP) is 3.43. The van der Waals surface area contributed by atoms with Crippen LogP contribution in [0.25, 0.3) is 10.6 Å². The number of aromatic nitrogens is 1. The lowest BCUT2D eigenvalue weighted by Gasteiger charge is -2.22. The average Bonchev–Trinajstić information content (AvgIpc) is 2.85. The fourth-order valence-electron chi connectivity index (χ4n) is 1.53. The highest BCUT2D eigenvalue weighted by molar-refractivity contribution is 9.10. The molecule has 1 aromatic heterocycles. The lowest BCUT2D eigenvalue weighted by atomic mass is 10.1. The third-order valence-corrected chi connectivity index (χ3v) is 4.20. The van der Waals surface area contributed by atoms with Crippen LogP contribution in [-0.2, 0) is 6.54 Å².